The van der Waals surface area contributed by atoms with Gasteiger partial charge in [-0.15, -0.1) is 0 Å². The van der Waals surface area contributed by atoms with E-state index in [0.717, 1.165) is 0 Å². The van der Waals surface area contributed by atoms with E-state index in [4.69, 9.17) is 0 Å². The minimum atomic E-state index is -0.0559. The van der Waals surface area contributed by atoms with Crippen molar-refractivity contribution in [2.24, 2.45) is 0 Å². The standard InChI is InChI=1S/C48H38/c1-30(2)32-22-24-37-38-25-23-33(29-45(38)48(3,4)44(37)28-32)34-26-27-43(36-17-9-8-16-35(34)36)47-41-20-12-10-18-39(41)46(31-14-6-5-7-15-31)40-19-11-13-21-42(40)47/h5-30H,1-4H3. The normalized spacial score (nSPS) is 13.4. The van der Waals surface area contributed by atoms with E-state index in [2.05, 4.69) is 179 Å². The molecule has 0 nitrogen and oxygen atoms in total. The minimum absolute atomic E-state index is 0.0559. The topological polar surface area (TPSA) is 0 Å². The van der Waals surface area contributed by atoms with Crippen LogP contribution in [-0.2, 0) is 5.41 Å². The van der Waals surface area contributed by atoms with Gasteiger partial charge in [0.15, 0.2) is 0 Å². The molecule has 0 saturated heterocycles. The van der Waals surface area contributed by atoms with Gasteiger partial charge in [-0.1, -0.05) is 173 Å². The zero-order valence-corrected chi connectivity index (χ0v) is 28.0. The molecule has 0 unspecified atom stereocenters. The summed E-state index contributed by atoms with van der Waals surface area (Å²) < 4.78 is 0. The van der Waals surface area contributed by atoms with E-state index in [1.54, 1.807) is 0 Å². The monoisotopic (exact) mass is 614 g/mol. The first-order valence-electron chi connectivity index (χ1n) is 17.2. The van der Waals surface area contributed by atoms with Crippen LogP contribution in [0.15, 0.2) is 152 Å². The van der Waals surface area contributed by atoms with Gasteiger partial charge in [0.1, 0.15) is 0 Å². The molecule has 8 aromatic rings. The van der Waals surface area contributed by atoms with Crippen molar-refractivity contribution in [1.82, 2.24) is 0 Å². The van der Waals surface area contributed by atoms with Crippen molar-refractivity contribution in [3.8, 4) is 44.5 Å². The van der Waals surface area contributed by atoms with E-state index in [-0.39, 0.29) is 5.41 Å². The molecule has 0 heteroatoms. The first-order valence-corrected chi connectivity index (χ1v) is 17.2. The largest absolute Gasteiger partial charge is 0.0622 e. The van der Waals surface area contributed by atoms with Crippen molar-refractivity contribution in [1.29, 1.82) is 0 Å². The Morgan fingerprint density at radius 2 is 0.833 bits per heavy atom. The molecule has 0 amide bonds. The van der Waals surface area contributed by atoms with Crippen LogP contribution in [0.3, 0.4) is 0 Å². The molecule has 0 bridgehead atoms. The fourth-order valence-electron chi connectivity index (χ4n) is 8.38. The molecule has 0 atom stereocenters. The van der Waals surface area contributed by atoms with E-state index in [0.29, 0.717) is 5.92 Å². The Kier molecular flexibility index (Phi) is 6.46. The van der Waals surface area contributed by atoms with Gasteiger partial charge in [-0.2, -0.15) is 0 Å². The predicted molar refractivity (Wildman–Crippen MR) is 207 cm³/mol. The third-order valence-electron chi connectivity index (χ3n) is 10.9. The molecule has 0 spiro atoms. The number of hydrogen-bond acceptors (Lipinski definition) is 0. The lowest BCUT2D eigenvalue weighted by atomic mass is 9.80. The van der Waals surface area contributed by atoms with Crippen LogP contribution < -0.4 is 0 Å². The van der Waals surface area contributed by atoms with Gasteiger partial charge in [0.25, 0.3) is 0 Å². The lowest BCUT2D eigenvalue weighted by Gasteiger charge is -2.23. The Hall–Kier alpha value is -5.46. The zero-order valence-electron chi connectivity index (χ0n) is 28.0. The van der Waals surface area contributed by atoms with Crippen molar-refractivity contribution in [2.75, 3.05) is 0 Å². The SMILES string of the molecule is CC(C)c1ccc2c(c1)C(C)(C)c1cc(-c3ccc(-c4c5ccccc5c(-c5ccccc5)c5ccccc45)c4ccccc34)ccc1-2. The number of hydrogen-bond donors (Lipinski definition) is 0. The Bertz CT molecular complexity index is 2490. The summed E-state index contributed by atoms with van der Waals surface area (Å²) in [5, 5.41) is 7.70. The molecule has 0 heterocycles. The molecule has 1 aliphatic carbocycles. The first-order chi connectivity index (χ1) is 23.4. The smallest absolute Gasteiger partial charge is 0.0159 e. The van der Waals surface area contributed by atoms with Gasteiger partial charge in [-0.3, -0.25) is 0 Å². The van der Waals surface area contributed by atoms with E-state index in [9.17, 15) is 0 Å². The summed E-state index contributed by atoms with van der Waals surface area (Å²) in [6, 6.07) is 56.7. The summed E-state index contributed by atoms with van der Waals surface area (Å²) in [6.45, 7) is 9.35. The van der Waals surface area contributed by atoms with Gasteiger partial charge >= 0.3 is 0 Å². The maximum Gasteiger partial charge on any atom is 0.0159 e. The van der Waals surface area contributed by atoms with Crippen molar-refractivity contribution in [2.45, 2.75) is 39.0 Å². The summed E-state index contributed by atoms with van der Waals surface area (Å²) in [5.74, 6) is 0.513. The molecule has 0 aromatic heterocycles. The van der Waals surface area contributed by atoms with Crippen molar-refractivity contribution in [3.63, 3.8) is 0 Å². The Morgan fingerprint density at radius 3 is 1.44 bits per heavy atom. The number of rotatable bonds is 4. The second kappa shape index (κ2) is 10.8. The summed E-state index contributed by atoms with van der Waals surface area (Å²) in [5.41, 5.74) is 14.6. The highest BCUT2D eigenvalue weighted by atomic mass is 14.4. The number of fused-ring (bicyclic) bond motifs is 6. The van der Waals surface area contributed by atoms with E-state index in [1.165, 1.54) is 93.5 Å². The fourth-order valence-corrected chi connectivity index (χ4v) is 8.38. The van der Waals surface area contributed by atoms with E-state index in [1.807, 2.05) is 0 Å². The molecule has 1 aliphatic rings. The first kappa shape index (κ1) is 28.7. The van der Waals surface area contributed by atoms with Crippen LogP contribution >= 0.6 is 0 Å². The van der Waals surface area contributed by atoms with Crippen LogP contribution in [0, 0.1) is 0 Å². The molecule has 0 radical (unpaired) electrons. The molecule has 8 aromatic carbocycles. The maximum atomic E-state index is 2.46. The third kappa shape index (κ3) is 4.22. The van der Waals surface area contributed by atoms with Gasteiger partial charge in [0.05, 0.1) is 0 Å². The Labute approximate surface area is 283 Å². The fraction of sp³-hybridized carbons (Fsp3) is 0.125. The molecule has 230 valence electrons. The van der Waals surface area contributed by atoms with Crippen molar-refractivity contribution < 1.29 is 0 Å². The molecule has 0 saturated carbocycles. The summed E-state index contributed by atoms with van der Waals surface area (Å²) >= 11 is 0. The summed E-state index contributed by atoms with van der Waals surface area (Å²) in [6.07, 6.45) is 0. The van der Waals surface area contributed by atoms with E-state index >= 15 is 0 Å². The highest BCUT2D eigenvalue weighted by Crippen LogP contribution is 2.51. The van der Waals surface area contributed by atoms with Crippen molar-refractivity contribution in [3.05, 3.63) is 168 Å². The molecule has 9 rings (SSSR count). The lowest BCUT2D eigenvalue weighted by molar-refractivity contribution is 0.658. The second-order valence-corrected chi connectivity index (χ2v) is 14.3. The second-order valence-electron chi connectivity index (χ2n) is 14.3. The van der Waals surface area contributed by atoms with Crippen LogP contribution in [0.1, 0.15) is 50.3 Å². The van der Waals surface area contributed by atoms with Crippen LogP contribution in [0.4, 0.5) is 0 Å². The van der Waals surface area contributed by atoms with Crippen LogP contribution in [0.2, 0.25) is 0 Å². The summed E-state index contributed by atoms with van der Waals surface area (Å²) in [7, 11) is 0. The molecular formula is C48H38. The number of benzene rings is 8. The van der Waals surface area contributed by atoms with Gasteiger partial charge in [0.2, 0.25) is 0 Å². The zero-order chi connectivity index (χ0) is 32.6. The van der Waals surface area contributed by atoms with Gasteiger partial charge in [0, 0.05) is 5.41 Å². The van der Waals surface area contributed by atoms with Gasteiger partial charge < -0.3 is 0 Å². The molecule has 0 aliphatic heterocycles. The van der Waals surface area contributed by atoms with Crippen LogP contribution in [0.5, 0.6) is 0 Å². The predicted octanol–water partition coefficient (Wildman–Crippen LogP) is 13.6. The Morgan fingerprint density at radius 1 is 0.375 bits per heavy atom. The van der Waals surface area contributed by atoms with Crippen LogP contribution in [-0.4, -0.2) is 0 Å². The Balaban J connectivity index is 1.27. The highest BCUT2D eigenvalue weighted by molar-refractivity contribution is 6.24. The van der Waals surface area contributed by atoms with E-state index < -0.39 is 0 Å². The lowest BCUT2D eigenvalue weighted by Crippen LogP contribution is -2.15. The van der Waals surface area contributed by atoms with Crippen molar-refractivity contribution >= 4 is 32.3 Å². The minimum Gasteiger partial charge on any atom is -0.0622 e. The quantitative estimate of drug-likeness (QED) is 0.173. The maximum absolute atomic E-state index is 2.46. The molecular weight excluding hydrogens is 577 g/mol. The summed E-state index contributed by atoms with van der Waals surface area (Å²) in [4.78, 5) is 0. The van der Waals surface area contributed by atoms with Gasteiger partial charge in [-0.05, 0) is 105 Å². The average Bonchev–Trinajstić information content (AvgIpc) is 3.35. The molecule has 0 fully saturated rings. The van der Waals surface area contributed by atoms with Gasteiger partial charge in [-0.25, -0.2) is 0 Å². The molecule has 0 N–H and O–H groups in total. The third-order valence-corrected chi connectivity index (χ3v) is 10.9. The average molecular weight is 615 g/mol. The van der Waals surface area contributed by atoms with Crippen LogP contribution in [0.25, 0.3) is 76.8 Å². The highest BCUT2D eigenvalue weighted by Gasteiger charge is 2.36. The molecule has 48 heavy (non-hydrogen) atoms.